The van der Waals surface area contributed by atoms with Gasteiger partial charge in [-0.15, -0.1) is 0 Å². The monoisotopic (exact) mass is 371 g/mol. The summed E-state index contributed by atoms with van der Waals surface area (Å²) < 4.78 is 0. The molecule has 1 heterocycles. The Hall–Kier alpha value is -1.88. The molecule has 2 aromatic carbocycles. The molecule has 5 heteroatoms. The average molecular weight is 372 g/mol. The minimum Gasteiger partial charge on any atom is -0.324 e. The van der Waals surface area contributed by atoms with E-state index in [1.54, 1.807) is 0 Å². The van der Waals surface area contributed by atoms with Crippen molar-refractivity contribution in [3.05, 3.63) is 63.7 Å². The number of halogens is 1. The SMILES string of the molecule is Cc1cc(C)c(NC(=O)CN2CCNCC2c2cccc(Cl)c2)c(C)c1. The van der Waals surface area contributed by atoms with Gasteiger partial charge in [0.15, 0.2) is 0 Å². The van der Waals surface area contributed by atoms with Crippen LogP contribution in [0.5, 0.6) is 0 Å². The van der Waals surface area contributed by atoms with E-state index in [9.17, 15) is 4.79 Å². The van der Waals surface area contributed by atoms with Crippen LogP contribution in [0.3, 0.4) is 0 Å². The van der Waals surface area contributed by atoms with Crippen molar-refractivity contribution in [2.75, 3.05) is 31.5 Å². The number of anilines is 1. The lowest BCUT2D eigenvalue weighted by Gasteiger charge is -2.36. The maximum atomic E-state index is 12.7. The van der Waals surface area contributed by atoms with Crippen LogP contribution in [0.1, 0.15) is 28.3 Å². The Balaban J connectivity index is 1.73. The van der Waals surface area contributed by atoms with Crippen molar-refractivity contribution in [2.45, 2.75) is 26.8 Å². The Labute approximate surface area is 160 Å². The molecule has 0 radical (unpaired) electrons. The summed E-state index contributed by atoms with van der Waals surface area (Å²) in [6.07, 6.45) is 0. The molecule has 0 aliphatic carbocycles. The quantitative estimate of drug-likeness (QED) is 0.858. The van der Waals surface area contributed by atoms with Gasteiger partial charge in [-0.05, 0) is 49.6 Å². The third kappa shape index (κ3) is 4.44. The molecule has 1 atom stereocenters. The van der Waals surface area contributed by atoms with Crippen LogP contribution in [0.2, 0.25) is 5.02 Å². The topological polar surface area (TPSA) is 44.4 Å². The zero-order valence-corrected chi connectivity index (χ0v) is 16.4. The normalized spacial score (nSPS) is 17.9. The minimum atomic E-state index is 0.0222. The molecule has 1 saturated heterocycles. The Bertz CT molecular complexity index is 783. The Morgan fingerprint density at radius 3 is 2.65 bits per heavy atom. The predicted octanol–water partition coefficient (Wildman–Crippen LogP) is 3.85. The number of carbonyl (C=O) groups is 1. The standard InChI is InChI=1S/C21H26ClN3O/c1-14-9-15(2)21(16(3)10-14)24-20(26)13-25-8-7-23-12-19(25)17-5-4-6-18(22)11-17/h4-6,9-11,19,23H,7-8,12-13H2,1-3H3,(H,24,26). The molecule has 2 N–H and O–H groups in total. The van der Waals surface area contributed by atoms with Gasteiger partial charge in [0.05, 0.1) is 6.54 Å². The molecule has 1 aliphatic heterocycles. The Morgan fingerprint density at radius 2 is 1.96 bits per heavy atom. The van der Waals surface area contributed by atoms with Gasteiger partial charge in [0.2, 0.25) is 5.91 Å². The van der Waals surface area contributed by atoms with Crippen molar-refractivity contribution in [2.24, 2.45) is 0 Å². The number of piperazine rings is 1. The lowest BCUT2D eigenvalue weighted by atomic mass is 10.0. The third-order valence-corrected chi connectivity index (χ3v) is 5.11. The number of hydrogen-bond acceptors (Lipinski definition) is 3. The summed E-state index contributed by atoms with van der Waals surface area (Å²) in [6, 6.07) is 12.2. The highest BCUT2D eigenvalue weighted by molar-refractivity contribution is 6.30. The summed E-state index contributed by atoms with van der Waals surface area (Å²) in [6.45, 7) is 9.04. The molecule has 0 saturated carbocycles. The number of nitrogens with one attached hydrogen (secondary N) is 2. The van der Waals surface area contributed by atoms with Crippen LogP contribution in [0.15, 0.2) is 36.4 Å². The van der Waals surface area contributed by atoms with Crippen LogP contribution in [0.4, 0.5) is 5.69 Å². The first-order valence-corrected chi connectivity index (χ1v) is 9.40. The van der Waals surface area contributed by atoms with Gasteiger partial charge in [0, 0.05) is 36.4 Å². The van der Waals surface area contributed by atoms with E-state index in [2.05, 4.69) is 40.7 Å². The van der Waals surface area contributed by atoms with Crippen molar-refractivity contribution >= 4 is 23.2 Å². The summed E-state index contributed by atoms with van der Waals surface area (Å²) in [7, 11) is 0. The summed E-state index contributed by atoms with van der Waals surface area (Å²) in [5.74, 6) is 0.0222. The second-order valence-electron chi connectivity index (χ2n) is 7.07. The van der Waals surface area contributed by atoms with Crippen LogP contribution in [0, 0.1) is 20.8 Å². The van der Waals surface area contributed by atoms with Crippen molar-refractivity contribution in [1.29, 1.82) is 0 Å². The van der Waals surface area contributed by atoms with Gasteiger partial charge < -0.3 is 10.6 Å². The number of carbonyl (C=O) groups excluding carboxylic acids is 1. The molecule has 0 spiro atoms. The molecule has 0 aromatic heterocycles. The summed E-state index contributed by atoms with van der Waals surface area (Å²) >= 11 is 6.15. The van der Waals surface area contributed by atoms with E-state index in [-0.39, 0.29) is 11.9 Å². The van der Waals surface area contributed by atoms with E-state index in [4.69, 9.17) is 11.6 Å². The molecule has 1 fully saturated rings. The van der Waals surface area contributed by atoms with E-state index in [0.29, 0.717) is 6.54 Å². The van der Waals surface area contributed by atoms with E-state index in [1.807, 2.05) is 32.0 Å². The molecule has 1 aliphatic rings. The summed E-state index contributed by atoms with van der Waals surface area (Å²) in [4.78, 5) is 14.9. The van der Waals surface area contributed by atoms with Crippen LogP contribution in [-0.4, -0.2) is 37.0 Å². The van der Waals surface area contributed by atoms with E-state index >= 15 is 0 Å². The van der Waals surface area contributed by atoms with E-state index in [1.165, 1.54) is 5.56 Å². The number of nitrogens with zero attached hydrogens (tertiary/aromatic N) is 1. The highest BCUT2D eigenvalue weighted by Gasteiger charge is 2.26. The molecule has 26 heavy (non-hydrogen) atoms. The molecular formula is C21H26ClN3O. The number of benzene rings is 2. The molecular weight excluding hydrogens is 346 g/mol. The van der Waals surface area contributed by atoms with Crippen LogP contribution in [-0.2, 0) is 4.79 Å². The first kappa shape index (κ1) is 18.9. The largest absolute Gasteiger partial charge is 0.324 e. The minimum absolute atomic E-state index is 0.0222. The molecule has 138 valence electrons. The lowest BCUT2D eigenvalue weighted by Crippen LogP contribution is -2.48. The second-order valence-corrected chi connectivity index (χ2v) is 7.50. The van der Waals surface area contributed by atoms with Crippen molar-refractivity contribution in [3.8, 4) is 0 Å². The maximum Gasteiger partial charge on any atom is 0.238 e. The summed E-state index contributed by atoms with van der Waals surface area (Å²) in [5.41, 5.74) is 5.47. The van der Waals surface area contributed by atoms with Gasteiger partial charge in [-0.3, -0.25) is 9.69 Å². The van der Waals surface area contributed by atoms with Gasteiger partial charge in [-0.25, -0.2) is 0 Å². The number of rotatable bonds is 4. The number of aryl methyl sites for hydroxylation is 3. The van der Waals surface area contributed by atoms with E-state index in [0.717, 1.165) is 47.0 Å². The fourth-order valence-electron chi connectivity index (χ4n) is 3.72. The highest BCUT2D eigenvalue weighted by Crippen LogP contribution is 2.25. The number of hydrogen-bond donors (Lipinski definition) is 2. The van der Waals surface area contributed by atoms with Crippen LogP contribution < -0.4 is 10.6 Å². The van der Waals surface area contributed by atoms with Gasteiger partial charge >= 0.3 is 0 Å². The smallest absolute Gasteiger partial charge is 0.238 e. The average Bonchev–Trinajstić information content (AvgIpc) is 2.58. The fourth-order valence-corrected chi connectivity index (χ4v) is 3.92. The number of amides is 1. The second kappa shape index (κ2) is 8.21. The zero-order chi connectivity index (χ0) is 18.7. The first-order valence-electron chi connectivity index (χ1n) is 9.02. The maximum absolute atomic E-state index is 12.7. The molecule has 1 unspecified atom stereocenters. The van der Waals surface area contributed by atoms with Crippen molar-refractivity contribution in [1.82, 2.24) is 10.2 Å². The van der Waals surface area contributed by atoms with Crippen LogP contribution in [0.25, 0.3) is 0 Å². The third-order valence-electron chi connectivity index (χ3n) is 4.88. The molecule has 1 amide bonds. The van der Waals surface area contributed by atoms with Crippen LogP contribution >= 0.6 is 11.6 Å². The van der Waals surface area contributed by atoms with E-state index < -0.39 is 0 Å². The fraction of sp³-hybridized carbons (Fsp3) is 0.381. The highest BCUT2D eigenvalue weighted by atomic mass is 35.5. The van der Waals surface area contributed by atoms with Crippen molar-refractivity contribution < 1.29 is 4.79 Å². The van der Waals surface area contributed by atoms with Gasteiger partial charge in [0.1, 0.15) is 0 Å². The Kier molecular flexibility index (Phi) is 5.97. The predicted molar refractivity (Wildman–Crippen MR) is 108 cm³/mol. The van der Waals surface area contributed by atoms with Crippen molar-refractivity contribution in [3.63, 3.8) is 0 Å². The van der Waals surface area contributed by atoms with Gasteiger partial charge in [0.25, 0.3) is 0 Å². The van der Waals surface area contributed by atoms with Gasteiger partial charge in [-0.2, -0.15) is 0 Å². The first-order chi connectivity index (χ1) is 12.4. The Morgan fingerprint density at radius 1 is 1.23 bits per heavy atom. The molecule has 2 aromatic rings. The van der Waals surface area contributed by atoms with Gasteiger partial charge in [-0.1, -0.05) is 41.4 Å². The summed E-state index contributed by atoms with van der Waals surface area (Å²) in [5, 5.41) is 7.25. The molecule has 3 rings (SSSR count). The molecule has 4 nitrogen and oxygen atoms in total. The molecule has 0 bridgehead atoms. The lowest BCUT2D eigenvalue weighted by molar-refractivity contribution is -0.118. The zero-order valence-electron chi connectivity index (χ0n) is 15.6.